The number of nitrogens with two attached hydrogens (primary N) is 1. The van der Waals surface area contributed by atoms with Crippen LogP contribution in [0.5, 0.6) is 0 Å². The molecule has 0 aromatic heterocycles. The van der Waals surface area contributed by atoms with Crippen LogP contribution in [0.15, 0.2) is 24.3 Å². The third-order valence-corrected chi connectivity index (χ3v) is 3.61. The Balaban J connectivity index is 2.88. The standard InChI is InChI=1S/C12H18FNS/c1-8(2)15-12(9(3)14)10-5-4-6-11(13)7-10/h4-9,12H,14H2,1-3H3. The second-order valence-corrected chi connectivity index (χ2v) is 5.74. The van der Waals surface area contributed by atoms with Gasteiger partial charge in [-0.15, -0.1) is 11.8 Å². The molecule has 2 N–H and O–H groups in total. The van der Waals surface area contributed by atoms with Crippen molar-refractivity contribution in [3.05, 3.63) is 35.6 Å². The van der Waals surface area contributed by atoms with Gasteiger partial charge in [0.2, 0.25) is 0 Å². The van der Waals surface area contributed by atoms with Gasteiger partial charge in [0.15, 0.2) is 0 Å². The molecule has 1 aromatic carbocycles. The summed E-state index contributed by atoms with van der Waals surface area (Å²) in [7, 11) is 0. The molecule has 1 nitrogen and oxygen atoms in total. The second-order valence-electron chi connectivity index (χ2n) is 4.02. The lowest BCUT2D eigenvalue weighted by molar-refractivity contribution is 0.621. The summed E-state index contributed by atoms with van der Waals surface area (Å²) in [4.78, 5) is 0. The molecule has 15 heavy (non-hydrogen) atoms. The summed E-state index contributed by atoms with van der Waals surface area (Å²) in [6, 6.07) is 6.73. The van der Waals surface area contributed by atoms with E-state index in [1.165, 1.54) is 6.07 Å². The summed E-state index contributed by atoms with van der Waals surface area (Å²) >= 11 is 1.78. The van der Waals surface area contributed by atoms with E-state index in [9.17, 15) is 4.39 Å². The van der Waals surface area contributed by atoms with Gasteiger partial charge < -0.3 is 5.73 Å². The predicted octanol–water partition coefficient (Wildman–Crippen LogP) is 3.36. The maximum Gasteiger partial charge on any atom is 0.123 e. The van der Waals surface area contributed by atoms with Crippen molar-refractivity contribution in [3.63, 3.8) is 0 Å². The quantitative estimate of drug-likeness (QED) is 0.853. The average molecular weight is 227 g/mol. The highest BCUT2D eigenvalue weighted by Crippen LogP contribution is 2.34. The highest BCUT2D eigenvalue weighted by Gasteiger charge is 2.18. The van der Waals surface area contributed by atoms with Gasteiger partial charge in [-0.3, -0.25) is 0 Å². The van der Waals surface area contributed by atoms with Crippen LogP contribution in [0.2, 0.25) is 0 Å². The van der Waals surface area contributed by atoms with Gasteiger partial charge in [0, 0.05) is 11.3 Å². The van der Waals surface area contributed by atoms with Crippen molar-refractivity contribution >= 4 is 11.8 Å². The Morgan fingerprint density at radius 1 is 1.27 bits per heavy atom. The van der Waals surface area contributed by atoms with Crippen molar-refractivity contribution in [3.8, 4) is 0 Å². The lowest BCUT2D eigenvalue weighted by atomic mass is 10.1. The van der Waals surface area contributed by atoms with E-state index in [-0.39, 0.29) is 17.1 Å². The number of hydrogen-bond donors (Lipinski definition) is 1. The van der Waals surface area contributed by atoms with Crippen LogP contribution < -0.4 is 5.73 Å². The minimum Gasteiger partial charge on any atom is -0.327 e. The van der Waals surface area contributed by atoms with E-state index in [1.54, 1.807) is 23.9 Å². The maximum absolute atomic E-state index is 13.1. The van der Waals surface area contributed by atoms with Gasteiger partial charge in [0.25, 0.3) is 0 Å². The van der Waals surface area contributed by atoms with Crippen molar-refractivity contribution < 1.29 is 4.39 Å². The van der Waals surface area contributed by atoms with Gasteiger partial charge in [-0.25, -0.2) is 4.39 Å². The van der Waals surface area contributed by atoms with Gasteiger partial charge >= 0.3 is 0 Å². The molecule has 0 saturated carbocycles. The number of rotatable bonds is 4. The zero-order chi connectivity index (χ0) is 11.4. The largest absolute Gasteiger partial charge is 0.327 e. The summed E-state index contributed by atoms with van der Waals surface area (Å²) < 4.78 is 13.1. The van der Waals surface area contributed by atoms with Crippen LogP contribution in [0.3, 0.4) is 0 Å². The fraction of sp³-hybridized carbons (Fsp3) is 0.500. The van der Waals surface area contributed by atoms with Crippen molar-refractivity contribution in [1.82, 2.24) is 0 Å². The average Bonchev–Trinajstić information content (AvgIpc) is 2.13. The zero-order valence-electron chi connectivity index (χ0n) is 9.41. The predicted molar refractivity (Wildman–Crippen MR) is 65.5 cm³/mol. The molecular weight excluding hydrogens is 209 g/mol. The van der Waals surface area contributed by atoms with Crippen molar-refractivity contribution in [1.29, 1.82) is 0 Å². The van der Waals surface area contributed by atoms with Crippen LogP contribution in [0, 0.1) is 5.82 Å². The topological polar surface area (TPSA) is 26.0 Å². The first kappa shape index (κ1) is 12.5. The van der Waals surface area contributed by atoms with Crippen LogP contribution in [0.25, 0.3) is 0 Å². The smallest absolute Gasteiger partial charge is 0.123 e. The lowest BCUT2D eigenvalue weighted by Crippen LogP contribution is -2.23. The van der Waals surface area contributed by atoms with E-state index in [0.29, 0.717) is 5.25 Å². The first-order chi connectivity index (χ1) is 7.00. The molecular formula is C12H18FNS. The minimum atomic E-state index is -0.192. The molecule has 84 valence electrons. The highest BCUT2D eigenvalue weighted by molar-refractivity contribution is 8.00. The summed E-state index contributed by atoms with van der Waals surface area (Å²) in [5.41, 5.74) is 6.90. The van der Waals surface area contributed by atoms with Crippen LogP contribution >= 0.6 is 11.8 Å². The van der Waals surface area contributed by atoms with Crippen LogP contribution in [0.4, 0.5) is 4.39 Å². The molecule has 0 radical (unpaired) electrons. The van der Waals surface area contributed by atoms with Crippen molar-refractivity contribution in [2.24, 2.45) is 5.73 Å². The van der Waals surface area contributed by atoms with Crippen molar-refractivity contribution in [2.45, 2.75) is 37.3 Å². The minimum absolute atomic E-state index is 0.0270. The molecule has 2 atom stereocenters. The number of thioether (sulfide) groups is 1. The normalized spacial score (nSPS) is 15.3. The van der Waals surface area contributed by atoms with E-state index >= 15 is 0 Å². The van der Waals surface area contributed by atoms with Gasteiger partial charge in [0.1, 0.15) is 5.82 Å². The van der Waals surface area contributed by atoms with E-state index in [1.807, 2.05) is 13.0 Å². The SMILES string of the molecule is CC(C)SC(c1cccc(F)c1)C(C)N. The molecule has 0 bridgehead atoms. The van der Waals surface area contributed by atoms with E-state index < -0.39 is 0 Å². The lowest BCUT2D eigenvalue weighted by Gasteiger charge is -2.22. The molecule has 0 aliphatic carbocycles. The molecule has 0 aliphatic heterocycles. The Hall–Kier alpha value is -0.540. The first-order valence-corrected chi connectivity index (χ1v) is 6.11. The molecule has 1 rings (SSSR count). The summed E-state index contributed by atoms with van der Waals surface area (Å²) in [6.07, 6.45) is 0. The molecule has 2 unspecified atom stereocenters. The summed E-state index contributed by atoms with van der Waals surface area (Å²) in [5, 5.41) is 0.657. The van der Waals surface area contributed by atoms with Gasteiger partial charge in [-0.2, -0.15) is 0 Å². The maximum atomic E-state index is 13.1. The Labute approximate surface area is 95.2 Å². The van der Waals surface area contributed by atoms with E-state index in [0.717, 1.165) is 5.56 Å². The Bertz CT molecular complexity index is 312. The van der Waals surface area contributed by atoms with Crippen molar-refractivity contribution in [2.75, 3.05) is 0 Å². The van der Waals surface area contributed by atoms with Gasteiger partial charge in [-0.05, 0) is 29.9 Å². The fourth-order valence-corrected chi connectivity index (χ4v) is 2.62. The number of halogens is 1. The summed E-state index contributed by atoms with van der Waals surface area (Å²) in [5.74, 6) is -0.192. The molecule has 0 aliphatic rings. The van der Waals surface area contributed by atoms with Crippen LogP contribution in [0.1, 0.15) is 31.6 Å². The zero-order valence-corrected chi connectivity index (χ0v) is 10.2. The van der Waals surface area contributed by atoms with Gasteiger partial charge in [0.05, 0.1) is 0 Å². The Kier molecular flexibility index (Phi) is 4.61. The molecule has 0 saturated heterocycles. The van der Waals surface area contributed by atoms with E-state index in [4.69, 9.17) is 5.73 Å². The number of benzene rings is 1. The Morgan fingerprint density at radius 2 is 1.93 bits per heavy atom. The monoisotopic (exact) mass is 227 g/mol. The molecule has 1 aromatic rings. The highest BCUT2D eigenvalue weighted by atomic mass is 32.2. The third kappa shape index (κ3) is 3.84. The molecule has 0 amide bonds. The number of hydrogen-bond acceptors (Lipinski definition) is 2. The molecule has 0 spiro atoms. The molecule has 0 fully saturated rings. The summed E-state index contributed by atoms with van der Waals surface area (Å²) in [6.45, 7) is 6.21. The second kappa shape index (κ2) is 5.52. The fourth-order valence-electron chi connectivity index (χ4n) is 1.48. The first-order valence-electron chi connectivity index (χ1n) is 5.17. The van der Waals surface area contributed by atoms with Gasteiger partial charge in [-0.1, -0.05) is 26.0 Å². The van der Waals surface area contributed by atoms with Crippen LogP contribution in [-0.2, 0) is 0 Å². The Morgan fingerprint density at radius 3 is 2.40 bits per heavy atom. The van der Waals surface area contributed by atoms with Crippen LogP contribution in [-0.4, -0.2) is 11.3 Å². The molecule has 0 heterocycles. The van der Waals surface area contributed by atoms with E-state index in [2.05, 4.69) is 13.8 Å². The third-order valence-electron chi connectivity index (χ3n) is 2.07. The molecule has 3 heteroatoms.